The summed E-state index contributed by atoms with van der Waals surface area (Å²) in [5, 5.41) is 0. The van der Waals surface area contributed by atoms with Crippen LogP contribution in [0.5, 0.6) is 0 Å². The molecule has 2 aliphatic rings. The van der Waals surface area contributed by atoms with Crippen molar-refractivity contribution in [3.63, 3.8) is 0 Å². The number of nitrogens with zero attached hydrogens (tertiary/aromatic N) is 1. The van der Waals surface area contributed by atoms with Gasteiger partial charge in [-0.05, 0) is 27.2 Å². The quantitative estimate of drug-likeness (QED) is 0.688. The van der Waals surface area contributed by atoms with E-state index in [2.05, 4.69) is 0 Å². The van der Waals surface area contributed by atoms with E-state index in [4.69, 9.17) is 14.2 Å². The molecular weight excluding hydrogens is 222 g/mol. The van der Waals surface area contributed by atoms with Gasteiger partial charge in [-0.3, -0.25) is 0 Å². The predicted octanol–water partition coefficient (Wildman–Crippen LogP) is 1.41. The van der Waals surface area contributed by atoms with Crippen LogP contribution in [0.15, 0.2) is 0 Å². The van der Waals surface area contributed by atoms with E-state index < -0.39 is 5.60 Å². The van der Waals surface area contributed by atoms with Crippen LogP contribution in [0.4, 0.5) is 4.79 Å². The number of likely N-dealkylation sites (N-methyl/N-ethyl adjacent to an activating group) is 1. The Balaban J connectivity index is 1.85. The minimum Gasteiger partial charge on any atom is -0.444 e. The molecule has 5 heteroatoms. The molecule has 0 N–H and O–H groups in total. The first-order valence-corrected chi connectivity index (χ1v) is 6.02. The molecule has 0 bridgehead atoms. The molecule has 2 unspecified atom stereocenters. The second-order valence-corrected chi connectivity index (χ2v) is 5.85. The maximum absolute atomic E-state index is 11.8. The average molecular weight is 243 g/mol. The summed E-state index contributed by atoms with van der Waals surface area (Å²) < 4.78 is 16.3. The smallest absolute Gasteiger partial charge is 0.410 e. The Labute approximate surface area is 102 Å². The van der Waals surface area contributed by atoms with Crippen molar-refractivity contribution >= 4 is 6.09 Å². The highest BCUT2D eigenvalue weighted by atomic mass is 16.6. The third-order valence-corrected chi connectivity index (χ3v) is 2.99. The molecule has 0 radical (unpaired) electrons. The minimum atomic E-state index is -0.462. The van der Waals surface area contributed by atoms with Crippen LogP contribution in [-0.2, 0) is 14.2 Å². The molecular formula is C12H21NO4. The Kier molecular flexibility index (Phi) is 3.08. The van der Waals surface area contributed by atoms with Crippen LogP contribution in [0, 0.1) is 0 Å². The Morgan fingerprint density at radius 3 is 2.82 bits per heavy atom. The number of hydrogen-bond donors (Lipinski definition) is 0. The summed E-state index contributed by atoms with van der Waals surface area (Å²) in [7, 11) is 1.73. The highest BCUT2D eigenvalue weighted by molar-refractivity contribution is 5.68. The highest BCUT2D eigenvalue weighted by Gasteiger charge is 2.59. The molecule has 1 amide bonds. The molecule has 2 heterocycles. The summed E-state index contributed by atoms with van der Waals surface area (Å²) in [4.78, 5) is 13.4. The normalized spacial score (nSPS) is 31.6. The lowest BCUT2D eigenvalue weighted by Crippen LogP contribution is -2.44. The van der Waals surface area contributed by atoms with E-state index in [1.165, 1.54) is 0 Å². The van der Waals surface area contributed by atoms with Gasteiger partial charge in [-0.2, -0.15) is 0 Å². The second-order valence-electron chi connectivity index (χ2n) is 5.85. The van der Waals surface area contributed by atoms with Crippen LogP contribution in [0.3, 0.4) is 0 Å². The molecule has 2 aliphatic heterocycles. The van der Waals surface area contributed by atoms with Crippen LogP contribution in [0.1, 0.15) is 27.2 Å². The number of epoxide rings is 1. The third-order valence-electron chi connectivity index (χ3n) is 2.99. The van der Waals surface area contributed by atoms with Crippen molar-refractivity contribution in [1.29, 1.82) is 0 Å². The molecule has 2 rings (SSSR count). The summed E-state index contributed by atoms with van der Waals surface area (Å²) in [5.41, 5.74) is -0.736. The van der Waals surface area contributed by atoms with Gasteiger partial charge in [0.2, 0.25) is 0 Å². The lowest BCUT2D eigenvalue weighted by atomic mass is 10.0. The second kappa shape index (κ2) is 4.14. The Morgan fingerprint density at radius 1 is 1.53 bits per heavy atom. The van der Waals surface area contributed by atoms with Crippen molar-refractivity contribution in [3.8, 4) is 0 Å². The van der Waals surface area contributed by atoms with Crippen LogP contribution >= 0.6 is 0 Å². The van der Waals surface area contributed by atoms with Gasteiger partial charge < -0.3 is 19.1 Å². The zero-order valence-corrected chi connectivity index (χ0v) is 11.0. The molecule has 0 aromatic carbocycles. The Bertz CT molecular complexity index is 312. The lowest BCUT2D eigenvalue weighted by Gasteiger charge is -2.27. The first kappa shape index (κ1) is 12.6. The third kappa shape index (κ3) is 2.90. The van der Waals surface area contributed by atoms with Crippen molar-refractivity contribution in [2.75, 3.05) is 26.8 Å². The number of fused-ring (bicyclic) bond motifs is 1. The van der Waals surface area contributed by atoms with Crippen molar-refractivity contribution < 1.29 is 19.0 Å². The number of carbonyl (C=O) groups is 1. The Morgan fingerprint density at radius 2 is 2.24 bits per heavy atom. The number of hydrogen-bond acceptors (Lipinski definition) is 4. The van der Waals surface area contributed by atoms with Gasteiger partial charge in [-0.15, -0.1) is 0 Å². The summed E-state index contributed by atoms with van der Waals surface area (Å²) in [6.45, 7) is 7.44. The first-order chi connectivity index (χ1) is 7.82. The van der Waals surface area contributed by atoms with Crippen molar-refractivity contribution in [2.24, 2.45) is 0 Å². The van der Waals surface area contributed by atoms with Gasteiger partial charge in [0.05, 0.1) is 19.3 Å². The van der Waals surface area contributed by atoms with Gasteiger partial charge in [0.15, 0.2) is 0 Å². The monoisotopic (exact) mass is 243 g/mol. The Hall–Kier alpha value is -0.810. The van der Waals surface area contributed by atoms with E-state index in [9.17, 15) is 4.79 Å². The summed E-state index contributed by atoms with van der Waals surface area (Å²) >= 11 is 0. The number of rotatable bonds is 2. The molecule has 0 aromatic heterocycles. The lowest BCUT2D eigenvalue weighted by molar-refractivity contribution is 0.0161. The van der Waals surface area contributed by atoms with Gasteiger partial charge in [0.1, 0.15) is 11.2 Å². The molecule has 2 fully saturated rings. The molecule has 5 nitrogen and oxygen atoms in total. The largest absolute Gasteiger partial charge is 0.444 e. The maximum atomic E-state index is 11.8. The van der Waals surface area contributed by atoms with Gasteiger partial charge in [-0.1, -0.05) is 0 Å². The molecule has 17 heavy (non-hydrogen) atoms. The number of ether oxygens (including phenoxy) is 3. The van der Waals surface area contributed by atoms with E-state index in [1.807, 2.05) is 20.8 Å². The fourth-order valence-electron chi connectivity index (χ4n) is 2.12. The van der Waals surface area contributed by atoms with Crippen molar-refractivity contribution in [3.05, 3.63) is 0 Å². The van der Waals surface area contributed by atoms with Crippen LogP contribution in [0.25, 0.3) is 0 Å². The standard InChI is InChI=1S/C12H21NO4/c1-11(2,3)17-10(14)13(4)7-12-8-15-6-5-9(12)16-12/h9H,5-8H2,1-4H3. The van der Waals surface area contributed by atoms with E-state index in [-0.39, 0.29) is 17.8 Å². The molecule has 0 spiro atoms. The zero-order valence-electron chi connectivity index (χ0n) is 11.0. The van der Waals surface area contributed by atoms with Gasteiger partial charge in [-0.25, -0.2) is 4.79 Å². The zero-order chi connectivity index (χ0) is 12.7. The molecule has 2 atom stereocenters. The fraction of sp³-hybridized carbons (Fsp3) is 0.917. The van der Waals surface area contributed by atoms with Gasteiger partial charge in [0, 0.05) is 13.7 Å². The van der Waals surface area contributed by atoms with Gasteiger partial charge >= 0.3 is 6.09 Å². The van der Waals surface area contributed by atoms with E-state index in [0.29, 0.717) is 13.2 Å². The summed E-state index contributed by atoms with van der Waals surface area (Å²) in [6, 6.07) is 0. The van der Waals surface area contributed by atoms with Gasteiger partial charge in [0.25, 0.3) is 0 Å². The fourth-order valence-corrected chi connectivity index (χ4v) is 2.12. The summed E-state index contributed by atoms with van der Waals surface area (Å²) in [5.74, 6) is 0. The predicted molar refractivity (Wildman–Crippen MR) is 61.9 cm³/mol. The first-order valence-electron chi connectivity index (χ1n) is 6.02. The molecule has 2 saturated heterocycles. The molecule has 0 saturated carbocycles. The highest BCUT2D eigenvalue weighted by Crippen LogP contribution is 2.42. The number of carbonyl (C=O) groups excluding carboxylic acids is 1. The van der Waals surface area contributed by atoms with Crippen molar-refractivity contribution in [1.82, 2.24) is 4.90 Å². The van der Waals surface area contributed by atoms with Crippen LogP contribution < -0.4 is 0 Å². The van der Waals surface area contributed by atoms with Crippen molar-refractivity contribution in [2.45, 2.75) is 44.5 Å². The van der Waals surface area contributed by atoms with Crippen LogP contribution in [0.2, 0.25) is 0 Å². The van der Waals surface area contributed by atoms with E-state index >= 15 is 0 Å². The molecule has 98 valence electrons. The average Bonchev–Trinajstić information content (AvgIpc) is 2.88. The SMILES string of the molecule is CN(CC12COCCC1O2)C(=O)OC(C)(C)C. The topological polar surface area (TPSA) is 51.3 Å². The molecule has 0 aromatic rings. The van der Waals surface area contributed by atoms with E-state index in [0.717, 1.165) is 13.0 Å². The minimum absolute atomic E-state index is 0.251. The number of amides is 1. The van der Waals surface area contributed by atoms with Crippen LogP contribution in [-0.4, -0.2) is 55.1 Å². The molecule has 0 aliphatic carbocycles. The van der Waals surface area contributed by atoms with E-state index in [1.54, 1.807) is 11.9 Å². The summed E-state index contributed by atoms with van der Waals surface area (Å²) in [6.07, 6.45) is 0.857. The maximum Gasteiger partial charge on any atom is 0.410 e.